The molecule has 0 saturated heterocycles. The monoisotopic (exact) mass is 296 g/mol. The third-order valence-electron chi connectivity index (χ3n) is 3.20. The highest BCUT2D eigenvalue weighted by molar-refractivity contribution is 5.41. The minimum Gasteiger partial charge on any atom is -0.382 e. The van der Waals surface area contributed by atoms with E-state index in [2.05, 4.69) is 5.32 Å². The molecule has 6 nitrogen and oxygen atoms in total. The molecule has 6 heteroatoms. The quantitative estimate of drug-likeness (QED) is 0.386. The van der Waals surface area contributed by atoms with Crippen LogP contribution in [0.15, 0.2) is 24.3 Å². The van der Waals surface area contributed by atoms with Gasteiger partial charge >= 0.3 is 0 Å². The third-order valence-corrected chi connectivity index (χ3v) is 3.20. The van der Waals surface area contributed by atoms with Crippen molar-refractivity contribution in [3.05, 3.63) is 39.9 Å². The van der Waals surface area contributed by atoms with Crippen LogP contribution in [0.1, 0.15) is 31.4 Å². The van der Waals surface area contributed by atoms with Crippen molar-refractivity contribution < 1.29 is 14.4 Å². The Kier molecular flexibility index (Phi) is 8.57. The van der Waals surface area contributed by atoms with Gasteiger partial charge in [-0.3, -0.25) is 10.1 Å². The first-order valence-corrected chi connectivity index (χ1v) is 7.20. The van der Waals surface area contributed by atoms with Gasteiger partial charge < -0.3 is 14.8 Å². The van der Waals surface area contributed by atoms with E-state index in [0.717, 1.165) is 24.9 Å². The van der Waals surface area contributed by atoms with Crippen molar-refractivity contribution in [1.82, 2.24) is 5.32 Å². The van der Waals surface area contributed by atoms with E-state index in [1.165, 1.54) is 6.07 Å². The average molecular weight is 296 g/mol. The molecular formula is C15H24N2O4. The topological polar surface area (TPSA) is 73.6 Å². The maximum absolute atomic E-state index is 11.0. The zero-order chi connectivity index (χ0) is 15.5. The molecule has 0 heterocycles. The first-order valence-electron chi connectivity index (χ1n) is 7.20. The van der Waals surface area contributed by atoms with E-state index in [1.54, 1.807) is 19.2 Å². The normalized spacial score (nSPS) is 12.3. The lowest BCUT2D eigenvalue weighted by atomic mass is 10.1. The molecule has 1 N–H and O–H groups in total. The summed E-state index contributed by atoms with van der Waals surface area (Å²) < 4.78 is 10.3. The molecule has 0 aromatic heterocycles. The van der Waals surface area contributed by atoms with E-state index < -0.39 is 0 Å². The zero-order valence-electron chi connectivity index (χ0n) is 12.7. The van der Waals surface area contributed by atoms with Gasteiger partial charge in [0.2, 0.25) is 0 Å². The van der Waals surface area contributed by atoms with Crippen molar-refractivity contribution in [2.45, 2.75) is 25.8 Å². The average Bonchev–Trinajstić information content (AvgIpc) is 2.49. The van der Waals surface area contributed by atoms with Crippen molar-refractivity contribution in [2.24, 2.45) is 0 Å². The minimum atomic E-state index is -0.336. The van der Waals surface area contributed by atoms with Crippen LogP contribution in [0.3, 0.4) is 0 Å². The molecule has 0 fully saturated rings. The molecular weight excluding hydrogens is 272 g/mol. The van der Waals surface area contributed by atoms with Gasteiger partial charge in [0.1, 0.15) is 0 Å². The van der Waals surface area contributed by atoms with Crippen LogP contribution in [-0.2, 0) is 9.47 Å². The minimum absolute atomic E-state index is 0.0407. The van der Waals surface area contributed by atoms with E-state index in [1.807, 2.05) is 13.0 Å². The summed E-state index contributed by atoms with van der Waals surface area (Å²) >= 11 is 0. The Hall–Kier alpha value is -1.50. The Morgan fingerprint density at radius 2 is 2.00 bits per heavy atom. The number of ether oxygens (including phenoxy) is 2. The molecule has 0 aliphatic carbocycles. The second-order valence-corrected chi connectivity index (χ2v) is 4.80. The number of rotatable bonds is 11. The van der Waals surface area contributed by atoms with E-state index in [9.17, 15) is 10.1 Å². The summed E-state index contributed by atoms with van der Waals surface area (Å²) in [7, 11) is 1.65. The van der Waals surface area contributed by atoms with Crippen LogP contribution >= 0.6 is 0 Å². The van der Waals surface area contributed by atoms with Crippen molar-refractivity contribution in [3.63, 3.8) is 0 Å². The van der Waals surface area contributed by atoms with Gasteiger partial charge in [0.05, 0.1) is 18.1 Å². The Morgan fingerprint density at radius 1 is 1.24 bits per heavy atom. The van der Waals surface area contributed by atoms with Gasteiger partial charge in [-0.25, -0.2) is 0 Å². The fourth-order valence-corrected chi connectivity index (χ4v) is 2.02. The molecule has 0 aliphatic heterocycles. The summed E-state index contributed by atoms with van der Waals surface area (Å²) in [5, 5.41) is 14.3. The summed E-state index contributed by atoms with van der Waals surface area (Å²) in [5.74, 6) is 0. The lowest BCUT2D eigenvalue weighted by molar-refractivity contribution is -0.385. The van der Waals surface area contributed by atoms with E-state index in [-0.39, 0.29) is 16.7 Å². The first kappa shape index (κ1) is 17.6. The molecule has 0 radical (unpaired) electrons. The molecule has 1 rings (SSSR count). The number of unbranched alkanes of at least 4 members (excludes halogenated alkanes) is 1. The molecule has 1 aromatic rings. The van der Waals surface area contributed by atoms with Crippen LogP contribution in [0, 0.1) is 10.1 Å². The second-order valence-electron chi connectivity index (χ2n) is 4.80. The summed E-state index contributed by atoms with van der Waals surface area (Å²) in [6.45, 7) is 4.70. The van der Waals surface area contributed by atoms with Crippen molar-refractivity contribution >= 4 is 5.69 Å². The number of para-hydroxylation sites is 1. The molecule has 0 amide bonds. The number of hydrogen-bond donors (Lipinski definition) is 1. The Balaban J connectivity index is 2.25. The van der Waals surface area contributed by atoms with E-state index in [4.69, 9.17) is 9.47 Å². The van der Waals surface area contributed by atoms with Gasteiger partial charge in [-0.2, -0.15) is 0 Å². The highest BCUT2D eigenvalue weighted by Crippen LogP contribution is 2.24. The fourth-order valence-electron chi connectivity index (χ4n) is 2.02. The highest BCUT2D eigenvalue weighted by Gasteiger charge is 2.17. The molecule has 0 aliphatic rings. The van der Waals surface area contributed by atoms with Crippen LogP contribution in [0.4, 0.5) is 5.69 Å². The molecule has 1 unspecified atom stereocenters. The lowest BCUT2D eigenvalue weighted by Gasteiger charge is -2.14. The van der Waals surface area contributed by atoms with Gasteiger partial charge in [0.15, 0.2) is 0 Å². The largest absolute Gasteiger partial charge is 0.382 e. The summed E-state index contributed by atoms with van der Waals surface area (Å²) in [4.78, 5) is 10.6. The highest BCUT2D eigenvalue weighted by atomic mass is 16.6. The smallest absolute Gasteiger partial charge is 0.274 e. The molecule has 0 spiro atoms. The van der Waals surface area contributed by atoms with E-state index >= 15 is 0 Å². The predicted octanol–water partition coefficient (Wildman–Crippen LogP) is 2.69. The van der Waals surface area contributed by atoms with Gasteiger partial charge in [-0.05, 0) is 26.3 Å². The number of hydrogen-bond acceptors (Lipinski definition) is 5. The Bertz CT molecular complexity index is 426. The number of nitrogens with zero attached hydrogens (tertiary/aromatic N) is 1. The van der Waals surface area contributed by atoms with Gasteiger partial charge in [0, 0.05) is 31.4 Å². The van der Waals surface area contributed by atoms with Crippen LogP contribution in [-0.4, -0.2) is 38.4 Å². The van der Waals surface area contributed by atoms with Gasteiger partial charge in [0.25, 0.3) is 5.69 Å². The van der Waals surface area contributed by atoms with Crippen molar-refractivity contribution in [2.75, 3.05) is 33.5 Å². The fraction of sp³-hybridized carbons (Fsp3) is 0.600. The van der Waals surface area contributed by atoms with Crippen LogP contribution in [0.2, 0.25) is 0 Å². The van der Waals surface area contributed by atoms with Crippen molar-refractivity contribution in [1.29, 1.82) is 0 Å². The van der Waals surface area contributed by atoms with Gasteiger partial charge in [-0.15, -0.1) is 0 Å². The van der Waals surface area contributed by atoms with Crippen LogP contribution in [0.25, 0.3) is 0 Å². The van der Waals surface area contributed by atoms with Crippen LogP contribution < -0.4 is 5.32 Å². The Labute approximate surface area is 125 Å². The molecule has 1 atom stereocenters. The van der Waals surface area contributed by atoms with Gasteiger partial charge in [-0.1, -0.05) is 18.2 Å². The van der Waals surface area contributed by atoms with Crippen LogP contribution in [0.5, 0.6) is 0 Å². The van der Waals surface area contributed by atoms with E-state index in [0.29, 0.717) is 19.8 Å². The zero-order valence-corrected chi connectivity index (χ0v) is 12.7. The van der Waals surface area contributed by atoms with Crippen molar-refractivity contribution in [3.8, 4) is 0 Å². The first-order chi connectivity index (χ1) is 10.2. The molecule has 21 heavy (non-hydrogen) atoms. The number of nitrogens with one attached hydrogen (secondary N) is 1. The molecule has 0 bridgehead atoms. The number of nitro groups is 1. The standard InChI is InChI=1S/C15H24N2O4/c1-13(14-7-3-4-8-15(14)17(18)19)16-9-5-6-10-21-12-11-20-2/h3-4,7-8,13,16H,5-6,9-12H2,1-2H3. The second kappa shape index (κ2) is 10.3. The summed E-state index contributed by atoms with van der Waals surface area (Å²) in [6, 6.07) is 6.80. The Morgan fingerprint density at radius 3 is 2.71 bits per heavy atom. The molecule has 1 aromatic carbocycles. The molecule has 0 saturated carbocycles. The number of methoxy groups -OCH3 is 1. The lowest BCUT2D eigenvalue weighted by Crippen LogP contribution is -2.21. The number of benzene rings is 1. The maximum atomic E-state index is 11.0. The maximum Gasteiger partial charge on any atom is 0.274 e. The summed E-state index contributed by atoms with van der Waals surface area (Å²) in [6.07, 6.45) is 1.93. The third kappa shape index (κ3) is 6.66. The molecule has 118 valence electrons. The number of nitro benzene ring substituents is 1. The summed E-state index contributed by atoms with van der Waals surface area (Å²) in [5.41, 5.74) is 0.888. The predicted molar refractivity (Wildman–Crippen MR) is 81.4 cm³/mol. The SMILES string of the molecule is COCCOCCCCNC(C)c1ccccc1[N+](=O)[O-].